The van der Waals surface area contributed by atoms with Crippen LogP contribution in [0.1, 0.15) is 13.3 Å². The molecule has 1 fully saturated rings. The van der Waals surface area contributed by atoms with E-state index in [9.17, 15) is 13.2 Å². The molecule has 1 heterocycles. The molecule has 0 aromatic rings. The van der Waals surface area contributed by atoms with E-state index in [1.807, 2.05) is 0 Å². The highest BCUT2D eigenvalue weighted by Crippen LogP contribution is 2.16. The topological polar surface area (TPSA) is 30.5 Å². The van der Waals surface area contributed by atoms with E-state index in [0.29, 0.717) is 13.0 Å². The fourth-order valence-electron chi connectivity index (χ4n) is 1.12. The third-order valence-electron chi connectivity index (χ3n) is 1.85. The standard InChI is InChI=1S/C7H12F3NO2/c1-5-6(2-3-12-5)11-13-4-7(8,9)10/h5-6,11H,2-4H2,1H3. The number of nitrogens with one attached hydrogen (secondary N) is 1. The first-order chi connectivity index (χ1) is 5.99. The maximum atomic E-state index is 11.6. The molecule has 0 saturated carbocycles. The van der Waals surface area contributed by atoms with Gasteiger partial charge in [0, 0.05) is 6.61 Å². The quantitative estimate of drug-likeness (QED) is 0.694. The van der Waals surface area contributed by atoms with Crippen molar-refractivity contribution in [2.24, 2.45) is 0 Å². The summed E-state index contributed by atoms with van der Waals surface area (Å²) >= 11 is 0. The van der Waals surface area contributed by atoms with Gasteiger partial charge in [0.2, 0.25) is 0 Å². The Balaban J connectivity index is 2.12. The molecule has 1 rings (SSSR count). The van der Waals surface area contributed by atoms with Crippen LogP contribution in [0.3, 0.4) is 0 Å². The molecule has 2 atom stereocenters. The number of rotatable bonds is 3. The fraction of sp³-hybridized carbons (Fsp3) is 1.00. The third-order valence-corrected chi connectivity index (χ3v) is 1.85. The Hall–Kier alpha value is -0.330. The van der Waals surface area contributed by atoms with Crippen LogP contribution in [0, 0.1) is 0 Å². The Labute approximate surface area is 74.2 Å². The highest BCUT2D eigenvalue weighted by atomic mass is 19.4. The maximum absolute atomic E-state index is 11.6. The summed E-state index contributed by atoms with van der Waals surface area (Å²) in [5, 5.41) is 0. The molecule has 1 N–H and O–H groups in total. The molecule has 0 aromatic carbocycles. The van der Waals surface area contributed by atoms with Gasteiger partial charge in [0.25, 0.3) is 0 Å². The zero-order chi connectivity index (χ0) is 9.90. The summed E-state index contributed by atoms with van der Waals surface area (Å²) in [6.45, 7) is 1.09. The molecule has 1 aliphatic rings. The van der Waals surface area contributed by atoms with Crippen molar-refractivity contribution in [3.05, 3.63) is 0 Å². The van der Waals surface area contributed by atoms with Crippen molar-refractivity contribution in [2.75, 3.05) is 13.2 Å². The number of hydrogen-bond donors (Lipinski definition) is 1. The van der Waals surface area contributed by atoms with Gasteiger partial charge < -0.3 is 4.74 Å². The molecular weight excluding hydrogens is 187 g/mol. The molecule has 2 unspecified atom stereocenters. The molecule has 3 nitrogen and oxygen atoms in total. The Morgan fingerprint density at radius 3 is 2.69 bits per heavy atom. The van der Waals surface area contributed by atoms with Crippen molar-refractivity contribution in [3.8, 4) is 0 Å². The van der Waals surface area contributed by atoms with Crippen molar-refractivity contribution in [1.82, 2.24) is 5.48 Å². The van der Waals surface area contributed by atoms with Crippen molar-refractivity contribution in [2.45, 2.75) is 31.7 Å². The number of hydroxylamine groups is 1. The van der Waals surface area contributed by atoms with Crippen LogP contribution in [-0.4, -0.2) is 31.5 Å². The minimum atomic E-state index is -4.28. The molecule has 6 heteroatoms. The lowest BCUT2D eigenvalue weighted by molar-refractivity contribution is -0.194. The van der Waals surface area contributed by atoms with E-state index in [4.69, 9.17) is 4.74 Å². The third kappa shape index (κ3) is 3.93. The molecule has 0 bridgehead atoms. The number of alkyl halides is 3. The molecule has 0 aromatic heterocycles. The second-order valence-electron chi connectivity index (χ2n) is 2.99. The van der Waals surface area contributed by atoms with E-state index < -0.39 is 12.8 Å². The van der Waals surface area contributed by atoms with Crippen LogP contribution < -0.4 is 5.48 Å². The van der Waals surface area contributed by atoms with Gasteiger partial charge in [-0.15, -0.1) is 0 Å². The molecule has 1 saturated heterocycles. The van der Waals surface area contributed by atoms with E-state index in [-0.39, 0.29) is 12.1 Å². The minimum Gasteiger partial charge on any atom is -0.377 e. The summed E-state index contributed by atoms with van der Waals surface area (Å²) in [6, 6.07) is -0.137. The minimum absolute atomic E-state index is 0.0896. The van der Waals surface area contributed by atoms with Crippen LogP contribution in [0.15, 0.2) is 0 Å². The lowest BCUT2D eigenvalue weighted by Gasteiger charge is -2.16. The molecule has 78 valence electrons. The van der Waals surface area contributed by atoms with Gasteiger partial charge in [-0.3, -0.25) is 4.84 Å². The molecule has 0 aliphatic carbocycles. The van der Waals surface area contributed by atoms with Crippen LogP contribution in [-0.2, 0) is 9.57 Å². The molecule has 0 spiro atoms. The monoisotopic (exact) mass is 199 g/mol. The zero-order valence-electron chi connectivity index (χ0n) is 7.23. The van der Waals surface area contributed by atoms with Crippen LogP contribution in [0.25, 0.3) is 0 Å². The highest BCUT2D eigenvalue weighted by Gasteiger charge is 2.30. The van der Waals surface area contributed by atoms with E-state index in [1.165, 1.54) is 0 Å². The lowest BCUT2D eigenvalue weighted by atomic mass is 10.2. The largest absolute Gasteiger partial charge is 0.413 e. The second kappa shape index (κ2) is 4.26. The second-order valence-corrected chi connectivity index (χ2v) is 2.99. The van der Waals surface area contributed by atoms with Crippen LogP contribution in [0.2, 0.25) is 0 Å². The van der Waals surface area contributed by atoms with Gasteiger partial charge in [0.05, 0.1) is 12.1 Å². The van der Waals surface area contributed by atoms with Crippen LogP contribution in [0.4, 0.5) is 13.2 Å². The Morgan fingerprint density at radius 2 is 2.23 bits per heavy atom. The Kier molecular flexibility index (Phi) is 3.52. The van der Waals surface area contributed by atoms with E-state index >= 15 is 0 Å². The molecule has 0 radical (unpaired) electrons. The van der Waals surface area contributed by atoms with Gasteiger partial charge in [0.15, 0.2) is 6.61 Å². The lowest BCUT2D eigenvalue weighted by Crippen LogP contribution is -2.37. The van der Waals surface area contributed by atoms with Gasteiger partial charge in [-0.2, -0.15) is 18.7 Å². The fourth-order valence-corrected chi connectivity index (χ4v) is 1.12. The average Bonchev–Trinajstić information content (AvgIpc) is 2.34. The first-order valence-electron chi connectivity index (χ1n) is 4.05. The van der Waals surface area contributed by atoms with Gasteiger partial charge in [-0.1, -0.05) is 0 Å². The summed E-state index contributed by atoms with van der Waals surface area (Å²) in [6.07, 6.45) is -3.69. The van der Waals surface area contributed by atoms with Gasteiger partial charge >= 0.3 is 6.18 Å². The van der Waals surface area contributed by atoms with Crippen molar-refractivity contribution < 1.29 is 22.7 Å². The predicted octanol–water partition coefficient (Wildman–Crippen LogP) is 1.25. The van der Waals surface area contributed by atoms with Crippen LogP contribution >= 0.6 is 0 Å². The van der Waals surface area contributed by atoms with Crippen molar-refractivity contribution in [1.29, 1.82) is 0 Å². The maximum Gasteiger partial charge on any atom is 0.413 e. The van der Waals surface area contributed by atoms with E-state index in [2.05, 4.69) is 10.3 Å². The number of halogens is 3. The van der Waals surface area contributed by atoms with Crippen molar-refractivity contribution >= 4 is 0 Å². The van der Waals surface area contributed by atoms with Gasteiger partial charge in [-0.25, -0.2) is 0 Å². The van der Waals surface area contributed by atoms with Crippen molar-refractivity contribution in [3.63, 3.8) is 0 Å². The summed E-state index contributed by atoms with van der Waals surface area (Å²) in [5.41, 5.74) is 2.34. The number of ether oxygens (including phenoxy) is 1. The molecular formula is C7H12F3NO2. The van der Waals surface area contributed by atoms with E-state index in [0.717, 1.165) is 0 Å². The zero-order valence-corrected chi connectivity index (χ0v) is 7.23. The summed E-state index contributed by atoms with van der Waals surface area (Å²) in [5.74, 6) is 0. The van der Waals surface area contributed by atoms with Gasteiger partial charge in [-0.05, 0) is 13.3 Å². The molecule has 0 amide bonds. The van der Waals surface area contributed by atoms with Crippen LogP contribution in [0.5, 0.6) is 0 Å². The highest BCUT2D eigenvalue weighted by molar-refractivity contribution is 4.75. The predicted molar refractivity (Wildman–Crippen MR) is 39.0 cm³/mol. The van der Waals surface area contributed by atoms with E-state index in [1.54, 1.807) is 6.92 Å². The first-order valence-corrected chi connectivity index (χ1v) is 4.05. The summed E-state index contributed by atoms with van der Waals surface area (Å²) < 4.78 is 40.0. The Bertz CT molecular complexity index is 162. The summed E-state index contributed by atoms with van der Waals surface area (Å²) in [7, 11) is 0. The normalized spacial score (nSPS) is 29.5. The Morgan fingerprint density at radius 1 is 1.54 bits per heavy atom. The number of hydrogen-bond acceptors (Lipinski definition) is 3. The first kappa shape index (κ1) is 10.7. The smallest absolute Gasteiger partial charge is 0.377 e. The molecule has 13 heavy (non-hydrogen) atoms. The average molecular weight is 199 g/mol. The molecule has 1 aliphatic heterocycles. The van der Waals surface area contributed by atoms with Gasteiger partial charge in [0.1, 0.15) is 0 Å². The summed E-state index contributed by atoms with van der Waals surface area (Å²) in [4.78, 5) is 4.30. The SMILES string of the molecule is CC1OCCC1NOCC(F)(F)F.